The highest BCUT2D eigenvalue weighted by Crippen LogP contribution is 2.47. The smallest absolute Gasteiger partial charge is 0.267 e. The van der Waals surface area contributed by atoms with Gasteiger partial charge in [-0.2, -0.15) is 5.10 Å². The first-order valence-corrected chi connectivity index (χ1v) is 8.07. The van der Waals surface area contributed by atoms with Gasteiger partial charge in [0, 0.05) is 11.8 Å². The van der Waals surface area contributed by atoms with E-state index in [4.69, 9.17) is 0 Å². The molecule has 3 nitrogen and oxygen atoms in total. The number of rotatable bonds is 4. The SMILES string of the molecule is CC(C)c1ccc(C(=O)N/N=C/C2CC3CCC2C3)cc1. The molecule has 2 aliphatic rings. The Morgan fingerprint density at radius 2 is 2.00 bits per heavy atom. The minimum absolute atomic E-state index is 0.121. The number of hydrogen-bond donors (Lipinski definition) is 1. The highest BCUT2D eigenvalue weighted by atomic mass is 16.2. The second-order valence-corrected chi connectivity index (χ2v) is 6.83. The van der Waals surface area contributed by atoms with E-state index < -0.39 is 0 Å². The van der Waals surface area contributed by atoms with E-state index in [2.05, 4.69) is 24.4 Å². The molecule has 1 N–H and O–H groups in total. The van der Waals surface area contributed by atoms with Crippen LogP contribution in [0.3, 0.4) is 0 Å². The molecule has 1 aromatic rings. The lowest BCUT2D eigenvalue weighted by atomic mass is 9.90. The fourth-order valence-corrected chi connectivity index (χ4v) is 3.75. The third-order valence-corrected chi connectivity index (χ3v) is 5.06. The van der Waals surface area contributed by atoms with Gasteiger partial charge in [0.15, 0.2) is 0 Å². The summed E-state index contributed by atoms with van der Waals surface area (Å²) in [5.74, 6) is 2.65. The average molecular weight is 284 g/mol. The molecule has 2 fully saturated rings. The number of amides is 1. The first-order chi connectivity index (χ1) is 10.1. The second kappa shape index (κ2) is 6.00. The minimum Gasteiger partial charge on any atom is -0.267 e. The van der Waals surface area contributed by atoms with Crippen molar-refractivity contribution >= 4 is 12.1 Å². The number of nitrogens with one attached hydrogen (secondary N) is 1. The summed E-state index contributed by atoms with van der Waals surface area (Å²) in [5, 5.41) is 4.18. The zero-order valence-corrected chi connectivity index (χ0v) is 12.9. The third-order valence-electron chi connectivity index (χ3n) is 5.06. The Morgan fingerprint density at radius 3 is 2.57 bits per heavy atom. The van der Waals surface area contributed by atoms with E-state index in [1.807, 2.05) is 30.5 Å². The molecule has 0 spiro atoms. The van der Waals surface area contributed by atoms with Crippen molar-refractivity contribution in [2.24, 2.45) is 22.9 Å². The Hall–Kier alpha value is -1.64. The summed E-state index contributed by atoms with van der Waals surface area (Å²) in [6.07, 6.45) is 7.31. The number of hydrazone groups is 1. The Balaban J connectivity index is 1.54. The van der Waals surface area contributed by atoms with Crippen LogP contribution in [0.25, 0.3) is 0 Å². The van der Waals surface area contributed by atoms with Crippen LogP contribution in [-0.4, -0.2) is 12.1 Å². The fourth-order valence-electron chi connectivity index (χ4n) is 3.75. The molecule has 0 aliphatic heterocycles. The Labute approximate surface area is 126 Å². The average Bonchev–Trinajstić information content (AvgIpc) is 3.10. The van der Waals surface area contributed by atoms with Gasteiger partial charge in [-0.15, -0.1) is 0 Å². The summed E-state index contributed by atoms with van der Waals surface area (Å²) in [4.78, 5) is 12.0. The van der Waals surface area contributed by atoms with E-state index in [-0.39, 0.29) is 5.91 Å². The maximum absolute atomic E-state index is 12.0. The van der Waals surface area contributed by atoms with Gasteiger partial charge >= 0.3 is 0 Å². The summed E-state index contributed by atoms with van der Waals surface area (Å²) in [6, 6.07) is 7.77. The molecule has 0 saturated heterocycles. The predicted molar refractivity (Wildman–Crippen MR) is 85.4 cm³/mol. The van der Waals surface area contributed by atoms with Gasteiger partial charge in [-0.05, 0) is 60.6 Å². The fraction of sp³-hybridized carbons (Fsp3) is 0.556. The lowest BCUT2D eigenvalue weighted by Gasteiger charge is -2.16. The van der Waals surface area contributed by atoms with Gasteiger partial charge in [0.2, 0.25) is 0 Å². The molecular weight excluding hydrogens is 260 g/mol. The van der Waals surface area contributed by atoms with Crippen molar-refractivity contribution in [3.8, 4) is 0 Å². The van der Waals surface area contributed by atoms with Gasteiger partial charge in [0.1, 0.15) is 0 Å². The molecule has 3 unspecified atom stereocenters. The van der Waals surface area contributed by atoms with Crippen molar-refractivity contribution < 1.29 is 4.79 Å². The maximum atomic E-state index is 12.0. The van der Waals surface area contributed by atoms with Crippen molar-refractivity contribution in [2.75, 3.05) is 0 Å². The van der Waals surface area contributed by atoms with E-state index in [0.717, 1.165) is 11.8 Å². The summed E-state index contributed by atoms with van der Waals surface area (Å²) in [5.41, 5.74) is 4.58. The second-order valence-electron chi connectivity index (χ2n) is 6.83. The molecule has 3 heteroatoms. The summed E-state index contributed by atoms with van der Waals surface area (Å²) >= 11 is 0. The van der Waals surface area contributed by atoms with E-state index in [0.29, 0.717) is 17.4 Å². The molecule has 2 aliphatic carbocycles. The van der Waals surface area contributed by atoms with Crippen LogP contribution in [0.2, 0.25) is 0 Å². The molecule has 1 aromatic carbocycles. The number of nitrogens with zero attached hydrogens (tertiary/aromatic N) is 1. The van der Waals surface area contributed by atoms with Crippen LogP contribution >= 0.6 is 0 Å². The van der Waals surface area contributed by atoms with Crippen LogP contribution in [0.4, 0.5) is 0 Å². The first-order valence-electron chi connectivity index (χ1n) is 8.07. The number of hydrogen-bond acceptors (Lipinski definition) is 2. The zero-order valence-electron chi connectivity index (χ0n) is 12.9. The number of benzene rings is 1. The quantitative estimate of drug-likeness (QED) is 0.660. The van der Waals surface area contributed by atoms with Gasteiger partial charge in [-0.3, -0.25) is 4.79 Å². The molecule has 3 atom stereocenters. The lowest BCUT2D eigenvalue weighted by molar-refractivity contribution is 0.0955. The number of carbonyl (C=O) groups excluding carboxylic acids is 1. The van der Waals surface area contributed by atoms with Gasteiger partial charge in [-0.25, -0.2) is 5.43 Å². The standard InChI is InChI=1S/C18H24N2O/c1-12(2)14-5-7-15(8-6-14)18(21)20-19-11-17-10-13-3-4-16(17)9-13/h5-8,11-13,16-17H,3-4,9-10H2,1-2H3,(H,20,21)/b19-11+. The van der Waals surface area contributed by atoms with Crippen LogP contribution in [0, 0.1) is 17.8 Å². The highest BCUT2D eigenvalue weighted by Gasteiger charge is 2.38. The molecule has 0 heterocycles. The van der Waals surface area contributed by atoms with Crippen LogP contribution in [0.15, 0.2) is 29.4 Å². The van der Waals surface area contributed by atoms with E-state index in [9.17, 15) is 4.79 Å². The molecule has 3 rings (SSSR count). The van der Waals surface area contributed by atoms with E-state index in [1.165, 1.54) is 31.2 Å². The normalized spacial score (nSPS) is 27.7. The van der Waals surface area contributed by atoms with Crippen LogP contribution in [0.1, 0.15) is 61.4 Å². The third kappa shape index (κ3) is 3.17. The number of fused-ring (bicyclic) bond motifs is 2. The molecular formula is C18H24N2O. The highest BCUT2D eigenvalue weighted by molar-refractivity contribution is 5.94. The minimum atomic E-state index is -0.121. The van der Waals surface area contributed by atoms with Crippen molar-refractivity contribution in [3.63, 3.8) is 0 Å². The summed E-state index contributed by atoms with van der Waals surface area (Å²) < 4.78 is 0. The number of carbonyl (C=O) groups is 1. The molecule has 21 heavy (non-hydrogen) atoms. The molecule has 112 valence electrons. The molecule has 2 saturated carbocycles. The molecule has 2 bridgehead atoms. The van der Waals surface area contributed by atoms with Crippen LogP contribution < -0.4 is 5.43 Å². The monoisotopic (exact) mass is 284 g/mol. The van der Waals surface area contributed by atoms with Gasteiger partial charge in [0.25, 0.3) is 5.91 Å². The summed E-state index contributed by atoms with van der Waals surface area (Å²) in [6.45, 7) is 4.30. The van der Waals surface area contributed by atoms with E-state index >= 15 is 0 Å². The molecule has 0 radical (unpaired) electrons. The Kier molecular flexibility index (Phi) is 4.09. The van der Waals surface area contributed by atoms with E-state index in [1.54, 1.807) is 0 Å². The van der Waals surface area contributed by atoms with Gasteiger partial charge < -0.3 is 0 Å². The zero-order chi connectivity index (χ0) is 14.8. The first kappa shape index (κ1) is 14.3. The van der Waals surface area contributed by atoms with Crippen molar-refractivity contribution in [3.05, 3.63) is 35.4 Å². The van der Waals surface area contributed by atoms with Crippen molar-refractivity contribution in [2.45, 2.75) is 45.4 Å². The Morgan fingerprint density at radius 1 is 1.24 bits per heavy atom. The molecule has 0 aromatic heterocycles. The predicted octanol–water partition coefficient (Wildman–Crippen LogP) is 3.96. The van der Waals surface area contributed by atoms with Crippen LogP contribution in [0.5, 0.6) is 0 Å². The van der Waals surface area contributed by atoms with Crippen molar-refractivity contribution in [1.82, 2.24) is 5.43 Å². The topological polar surface area (TPSA) is 41.5 Å². The Bertz CT molecular complexity index is 533. The molecule has 1 amide bonds. The van der Waals surface area contributed by atoms with Gasteiger partial charge in [0.05, 0.1) is 0 Å². The van der Waals surface area contributed by atoms with Crippen molar-refractivity contribution in [1.29, 1.82) is 0 Å². The van der Waals surface area contributed by atoms with Crippen LogP contribution in [-0.2, 0) is 0 Å². The largest absolute Gasteiger partial charge is 0.271 e. The summed E-state index contributed by atoms with van der Waals surface area (Å²) in [7, 11) is 0. The van der Waals surface area contributed by atoms with Gasteiger partial charge in [-0.1, -0.05) is 32.4 Å². The maximum Gasteiger partial charge on any atom is 0.271 e. The lowest BCUT2D eigenvalue weighted by Crippen LogP contribution is -2.20.